The summed E-state index contributed by atoms with van der Waals surface area (Å²) >= 11 is 0. The maximum Gasteiger partial charge on any atom is 0.294 e. The standard InChI is InChI=1S/C29H32N2O7/c1-18(32)19-11-13-22(14-12-19)31(29(34)23-10-7-15-38-23)26(28(33)30-21-8-5-6-9-21)20-16-24(35-2)27(37-4)25(17-20)36-3/h7,10-17,21,26H,5-6,8-9H2,1-4H3,(H,30,33)/t26-/m1/s1. The average Bonchev–Trinajstić information content (AvgIpc) is 3.65. The number of ether oxygens (including phenoxy) is 3. The van der Waals surface area contributed by atoms with Gasteiger partial charge in [0, 0.05) is 17.3 Å². The molecular weight excluding hydrogens is 488 g/mol. The molecule has 200 valence electrons. The van der Waals surface area contributed by atoms with E-state index in [2.05, 4.69) is 5.32 Å². The Morgan fingerprint density at radius 3 is 2.08 bits per heavy atom. The summed E-state index contributed by atoms with van der Waals surface area (Å²) in [5.74, 6) is 0.124. The number of Topliss-reactive ketones (excluding diaryl/α,β-unsaturated/α-hetero) is 1. The van der Waals surface area contributed by atoms with E-state index in [1.54, 1.807) is 48.5 Å². The highest BCUT2D eigenvalue weighted by Gasteiger charge is 2.37. The van der Waals surface area contributed by atoms with Crippen LogP contribution in [0, 0.1) is 0 Å². The number of rotatable bonds is 10. The molecule has 3 aromatic rings. The van der Waals surface area contributed by atoms with Gasteiger partial charge in [-0.05, 0) is 73.9 Å². The number of carbonyl (C=O) groups excluding carboxylic acids is 3. The monoisotopic (exact) mass is 520 g/mol. The Hall–Kier alpha value is -4.27. The van der Waals surface area contributed by atoms with Crippen LogP contribution in [-0.4, -0.2) is 45.0 Å². The first-order valence-corrected chi connectivity index (χ1v) is 12.5. The molecule has 0 spiro atoms. The van der Waals surface area contributed by atoms with Crippen LogP contribution in [0.2, 0.25) is 0 Å². The summed E-state index contributed by atoms with van der Waals surface area (Å²) in [6.07, 6.45) is 5.19. The van der Waals surface area contributed by atoms with Crippen molar-refractivity contribution < 1.29 is 33.0 Å². The van der Waals surface area contributed by atoms with E-state index in [0.717, 1.165) is 25.7 Å². The van der Waals surface area contributed by atoms with Crippen LogP contribution in [0.15, 0.2) is 59.2 Å². The maximum atomic E-state index is 14.0. The zero-order valence-electron chi connectivity index (χ0n) is 22.0. The summed E-state index contributed by atoms with van der Waals surface area (Å²) in [5.41, 5.74) is 1.35. The lowest BCUT2D eigenvalue weighted by Crippen LogP contribution is -2.46. The van der Waals surface area contributed by atoms with Crippen molar-refractivity contribution in [2.75, 3.05) is 26.2 Å². The summed E-state index contributed by atoms with van der Waals surface area (Å²) in [6.45, 7) is 1.47. The van der Waals surface area contributed by atoms with Crippen molar-refractivity contribution in [3.63, 3.8) is 0 Å². The second-order valence-electron chi connectivity index (χ2n) is 9.11. The Morgan fingerprint density at radius 2 is 1.58 bits per heavy atom. The molecule has 4 rings (SSSR count). The Kier molecular flexibility index (Phi) is 8.35. The summed E-state index contributed by atoms with van der Waals surface area (Å²) in [6, 6.07) is 11.9. The molecule has 1 aliphatic carbocycles. The summed E-state index contributed by atoms with van der Waals surface area (Å²) in [5, 5.41) is 3.13. The Bertz CT molecular complexity index is 1250. The molecule has 0 radical (unpaired) electrons. The quantitative estimate of drug-likeness (QED) is 0.377. The van der Waals surface area contributed by atoms with Gasteiger partial charge in [0.05, 0.1) is 27.6 Å². The second kappa shape index (κ2) is 11.9. The molecule has 0 bridgehead atoms. The van der Waals surface area contributed by atoms with Gasteiger partial charge in [0.25, 0.3) is 5.91 Å². The summed E-state index contributed by atoms with van der Waals surface area (Å²) in [7, 11) is 4.47. The first kappa shape index (κ1) is 26.8. The van der Waals surface area contributed by atoms with Crippen molar-refractivity contribution in [3.8, 4) is 17.2 Å². The molecule has 1 saturated carbocycles. The maximum absolute atomic E-state index is 14.0. The predicted octanol–water partition coefficient (Wildman–Crippen LogP) is 4.95. The zero-order chi connectivity index (χ0) is 27.2. The van der Waals surface area contributed by atoms with E-state index in [1.807, 2.05) is 0 Å². The van der Waals surface area contributed by atoms with E-state index in [1.165, 1.54) is 39.4 Å². The largest absolute Gasteiger partial charge is 0.493 e. The molecule has 1 aliphatic rings. The molecule has 0 aliphatic heterocycles. The van der Waals surface area contributed by atoms with Crippen molar-refractivity contribution >= 4 is 23.3 Å². The highest BCUT2D eigenvalue weighted by atomic mass is 16.5. The molecule has 38 heavy (non-hydrogen) atoms. The third-order valence-electron chi connectivity index (χ3n) is 6.71. The molecule has 9 nitrogen and oxygen atoms in total. The minimum atomic E-state index is -1.12. The number of hydrogen-bond donors (Lipinski definition) is 1. The number of nitrogens with one attached hydrogen (secondary N) is 1. The number of amides is 2. The van der Waals surface area contributed by atoms with Crippen LogP contribution in [-0.2, 0) is 4.79 Å². The molecule has 1 N–H and O–H groups in total. The normalized spacial score (nSPS) is 14.0. The number of nitrogens with zero attached hydrogens (tertiary/aromatic N) is 1. The van der Waals surface area contributed by atoms with E-state index in [0.29, 0.717) is 34.1 Å². The van der Waals surface area contributed by atoms with Crippen LogP contribution in [0.4, 0.5) is 5.69 Å². The van der Waals surface area contributed by atoms with Crippen LogP contribution in [0.1, 0.15) is 65.1 Å². The van der Waals surface area contributed by atoms with E-state index in [9.17, 15) is 14.4 Å². The van der Waals surface area contributed by atoms with Gasteiger partial charge in [-0.2, -0.15) is 0 Å². The molecule has 1 aromatic heterocycles. The predicted molar refractivity (Wildman–Crippen MR) is 141 cm³/mol. The van der Waals surface area contributed by atoms with Gasteiger partial charge in [-0.3, -0.25) is 19.3 Å². The Labute approximate surface area is 221 Å². The van der Waals surface area contributed by atoms with Gasteiger partial charge in [0.1, 0.15) is 6.04 Å². The van der Waals surface area contributed by atoms with Crippen molar-refractivity contribution in [2.45, 2.75) is 44.7 Å². The number of methoxy groups -OCH3 is 3. The van der Waals surface area contributed by atoms with E-state index in [4.69, 9.17) is 18.6 Å². The molecule has 1 heterocycles. The van der Waals surface area contributed by atoms with Gasteiger partial charge in [0.2, 0.25) is 11.7 Å². The van der Waals surface area contributed by atoms with Crippen LogP contribution < -0.4 is 24.4 Å². The summed E-state index contributed by atoms with van der Waals surface area (Å²) < 4.78 is 22.0. The third kappa shape index (κ3) is 5.51. The summed E-state index contributed by atoms with van der Waals surface area (Å²) in [4.78, 5) is 41.2. The lowest BCUT2D eigenvalue weighted by molar-refractivity contribution is -0.123. The first-order chi connectivity index (χ1) is 18.4. The number of carbonyl (C=O) groups is 3. The molecule has 0 saturated heterocycles. The van der Waals surface area contributed by atoms with E-state index >= 15 is 0 Å². The number of anilines is 1. The Morgan fingerprint density at radius 1 is 0.947 bits per heavy atom. The number of ketones is 1. The van der Waals surface area contributed by atoms with Crippen molar-refractivity contribution in [3.05, 3.63) is 71.7 Å². The lowest BCUT2D eigenvalue weighted by atomic mass is 10.00. The number of hydrogen-bond acceptors (Lipinski definition) is 7. The fourth-order valence-corrected chi connectivity index (χ4v) is 4.79. The fraction of sp³-hybridized carbons (Fsp3) is 0.345. The lowest BCUT2D eigenvalue weighted by Gasteiger charge is -2.32. The zero-order valence-corrected chi connectivity index (χ0v) is 22.0. The number of benzene rings is 2. The molecule has 1 atom stereocenters. The first-order valence-electron chi connectivity index (χ1n) is 12.5. The van der Waals surface area contributed by atoms with Crippen molar-refractivity contribution in [2.24, 2.45) is 0 Å². The van der Waals surface area contributed by atoms with Crippen molar-refractivity contribution in [1.82, 2.24) is 5.32 Å². The van der Waals surface area contributed by atoms with Crippen LogP contribution >= 0.6 is 0 Å². The van der Waals surface area contributed by atoms with E-state index in [-0.39, 0.29) is 23.5 Å². The molecule has 9 heteroatoms. The molecule has 2 aromatic carbocycles. The van der Waals surface area contributed by atoms with Crippen LogP contribution in [0.5, 0.6) is 17.2 Å². The minimum absolute atomic E-state index is 0.00712. The number of furan rings is 1. The smallest absolute Gasteiger partial charge is 0.294 e. The van der Waals surface area contributed by atoms with Gasteiger partial charge in [0.15, 0.2) is 23.0 Å². The second-order valence-corrected chi connectivity index (χ2v) is 9.11. The van der Waals surface area contributed by atoms with Gasteiger partial charge in [-0.25, -0.2) is 0 Å². The van der Waals surface area contributed by atoms with Gasteiger partial charge in [-0.15, -0.1) is 0 Å². The van der Waals surface area contributed by atoms with Gasteiger partial charge in [-0.1, -0.05) is 12.8 Å². The molecule has 2 amide bonds. The van der Waals surface area contributed by atoms with Crippen LogP contribution in [0.25, 0.3) is 0 Å². The van der Waals surface area contributed by atoms with Crippen LogP contribution in [0.3, 0.4) is 0 Å². The minimum Gasteiger partial charge on any atom is -0.493 e. The van der Waals surface area contributed by atoms with Crippen molar-refractivity contribution in [1.29, 1.82) is 0 Å². The average molecular weight is 521 g/mol. The van der Waals surface area contributed by atoms with E-state index < -0.39 is 11.9 Å². The molecular formula is C29H32N2O7. The van der Waals surface area contributed by atoms with Gasteiger partial charge >= 0.3 is 0 Å². The third-order valence-corrected chi connectivity index (χ3v) is 6.71. The molecule has 1 fully saturated rings. The highest BCUT2D eigenvalue weighted by Crippen LogP contribution is 2.42. The fourth-order valence-electron chi connectivity index (χ4n) is 4.79. The highest BCUT2D eigenvalue weighted by molar-refractivity contribution is 6.09. The Balaban J connectivity index is 1.90. The van der Waals surface area contributed by atoms with Gasteiger partial charge < -0.3 is 23.9 Å². The SMILES string of the molecule is COc1cc([C@H](C(=O)NC2CCCC2)N(C(=O)c2ccco2)c2ccc(C(C)=O)cc2)cc(OC)c1OC. The molecule has 0 unspecified atom stereocenters. The topological polar surface area (TPSA) is 107 Å².